The van der Waals surface area contributed by atoms with Crippen molar-refractivity contribution >= 4 is 23.5 Å². The lowest BCUT2D eigenvalue weighted by molar-refractivity contribution is -0.137. The molecule has 30 heavy (non-hydrogen) atoms. The van der Waals surface area contributed by atoms with Crippen LogP contribution in [0, 0.1) is 0 Å². The molecule has 3 aromatic rings. The molecule has 3 N–H and O–H groups in total. The number of amides is 1. The van der Waals surface area contributed by atoms with E-state index in [0.29, 0.717) is 49.9 Å². The fraction of sp³-hybridized carbons (Fsp3) is 0.300. The maximum absolute atomic E-state index is 12.4. The molecule has 3 heterocycles. The highest BCUT2D eigenvalue weighted by molar-refractivity contribution is 6.29. The third kappa shape index (κ3) is 4.69. The van der Waals surface area contributed by atoms with Gasteiger partial charge in [0.2, 0.25) is 5.95 Å². The fourth-order valence-electron chi connectivity index (χ4n) is 3.27. The zero-order valence-corrected chi connectivity index (χ0v) is 16.9. The largest absolute Gasteiger partial charge is 0.483 e. The Kier molecular flexibility index (Phi) is 6.10. The minimum Gasteiger partial charge on any atom is -0.483 e. The van der Waals surface area contributed by atoms with Crippen molar-refractivity contribution in [3.05, 3.63) is 52.8 Å². The second-order valence-electron chi connectivity index (χ2n) is 6.76. The highest BCUT2D eigenvalue weighted by atomic mass is 35.5. The average molecular weight is 429 g/mol. The molecule has 0 radical (unpaired) electrons. The van der Waals surface area contributed by atoms with Crippen LogP contribution in [-0.2, 0) is 16.0 Å². The number of anilines is 1. The number of nitrogens with one attached hydrogen (secondary N) is 1. The smallest absolute Gasteiger partial charge is 0.260 e. The lowest BCUT2D eigenvalue weighted by atomic mass is 10.0. The number of nitrogens with two attached hydrogens (primary N) is 1. The van der Waals surface area contributed by atoms with Crippen LogP contribution in [0.15, 0.2) is 36.5 Å². The van der Waals surface area contributed by atoms with Crippen LogP contribution in [0.3, 0.4) is 0 Å². The lowest BCUT2D eigenvalue weighted by Gasteiger charge is -2.26. The number of hydrogen-bond acceptors (Lipinski definition) is 7. The summed E-state index contributed by atoms with van der Waals surface area (Å²) in [5, 5.41) is 7.39. The Hall–Kier alpha value is -3.17. The van der Waals surface area contributed by atoms with Crippen molar-refractivity contribution in [3.8, 4) is 17.1 Å². The van der Waals surface area contributed by atoms with Gasteiger partial charge >= 0.3 is 0 Å². The van der Waals surface area contributed by atoms with E-state index in [1.807, 2.05) is 24.3 Å². The van der Waals surface area contributed by atoms with E-state index in [1.165, 1.54) is 0 Å². The van der Waals surface area contributed by atoms with Crippen molar-refractivity contribution in [2.75, 3.05) is 38.6 Å². The normalized spacial score (nSPS) is 14.0. The van der Waals surface area contributed by atoms with Crippen LogP contribution in [0.2, 0.25) is 5.15 Å². The zero-order chi connectivity index (χ0) is 20.9. The SMILES string of the molecule is Nc1nc(Cl)cc(-c2n[nH]cc2Cc2ccccc2OCC(=O)N2CCOCC2)n1. The first kappa shape index (κ1) is 20.1. The molecule has 1 amide bonds. The summed E-state index contributed by atoms with van der Waals surface area (Å²) in [5.41, 5.74) is 8.68. The van der Waals surface area contributed by atoms with Crippen molar-refractivity contribution in [1.29, 1.82) is 0 Å². The maximum atomic E-state index is 12.4. The van der Waals surface area contributed by atoms with Gasteiger partial charge in [-0.1, -0.05) is 29.8 Å². The first-order valence-corrected chi connectivity index (χ1v) is 9.87. The van der Waals surface area contributed by atoms with Gasteiger partial charge in [0.1, 0.15) is 16.6 Å². The number of aromatic nitrogens is 4. The van der Waals surface area contributed by atoms with E-state index < -0.39 is 0 Å². The third-order valence-corrected chi connectivity index (χ3v) is 4.94. The van der Waals surface area contributed by atoms with E-state index in [2.05, 4.69) is 20.2 Å². The molecule has 0 saturated carbocycles. The first-order chi connectivity index (χ1) is 14.6. The number of rotatable bonds is 6. The van der Waals surface area contributed by atoms with E-state index in [0.717, 1.165) is 11.1 Å². The Morgan fingerprint density at radius 2 is 2.03 bits per heavy atom. The highest BCUT2D eigenvalue weighted by Crippen LogP contribution is 2.27. The van der Waals surface area contributed by atoms with Gasteiger partial charge in [-0.05, 0) is 11.6 Å². The Labute approximate surface area is 178 Å². The second kappa shape index (κ2) is 9.10. The molecular formula is C20H21ClN6O3. The highest BCUT2D eigenvalue weighted by Gasteiger charge is 2.18. The van der Waals surface area contributed by atoms with Crippen molar-refractivity contribution < 1.29 is 14.3 Å². The molecule has 10 heteroatoms. The number of carbonyl (C=O) groups excluding carboxylic acids is 1. The minimum absolute atomic E-state index is 0.0205. The van der Waals surface area contributed by atoms with Crippen LogP contribution >= 0.6 is 11.6 Å². The predicted octanol–water partition coefficient (Wildman–Crippen LogP) is 1.93. The van der Waals surface area contributed by atoms with Gasteiger partial charge in [-0.2, -0.15) is 5.10 Å². The lowest BCUT2D eigenvalue weighted by Crippen LogP contribution is -2.43. The van der Waals surface area contributed by atoms with Crippen molar-refractivity contribution in [2.45, 2.75) is 6.42 Å². The molecule has 1 saturated heterocycles. The summed E-state index contributed by atoms with van der Waals surface area (Å²) < 4.78 is 11.1. The summed E-state index contributed by atoms with van der Waals surface area (Å²) >= 11 is 6.01. The van der Waals surface area contributed by atoms with E-state index >= 15 is 0 Å². The summed E-state index contributed by atoms with van der Waals surface area (Å²) in [6, 6.07) is 9.21. The van der Waals surface area contributed by atoms with Crippen LogP contribution in [0.25, 0.3) is 11.4 Å². The number of para-hydroxylation sites is 1. The molecule has 0 bridgehead atoms. The van der Waals surface area contributed by atoms with Crippen molar-refractivity contribution in [3.63, 3.8) is 0 Å². The molecule has 1 aliphatic heterocycles. The number of carbonyl (C=O) groups is 1. The molecule has 4 rings (SSSR count). The standard InChI is InChI=1S/C20H21ClN6O3/c21-17-10-15(24-20(22)25-17)19-14(11-23-26-19)9-13-3-1-2-4-16(13)30-12-18(28)27-5-7-29-8-6-27/h1-4,10-11H,5-9,12H2,(H,23,26)(H2,22,24,25). The molecule has 2 aromatic heterocycles. The van der Waals surface area contributed by atoms with E-state index in [-0.39, 0.29) is 23.6 Å². The monoisotopic (exact) mass is 428 g/mol. The number of hydrogen-bond donors (Lipinski definition) is 2. The molecule has 9 nitrogen and oxygen atoms in total. The first-order valence-electron chi connectivity index (χ1n) is 9.49. The Morgan fingerprint density at radius 1 is 1.23 bits per heavy atom. The number of H-pyrrole nitrogens is 1. The Bertz CT molecular complexity index is 1010. The van der Waals surface area contributed by atoms with Crippen molar-refractivity contribution in [2.24, 2.45) is 0 Å². The van der Waals surface area contributed by atoms with E-state index in [9.17, 15) is 4.79 Å². The van der Waals surface area contributed by atoms with Gasteiger partial charge in [-0.15, -0.1) is 0 Å². The zero-order valence-electron chi connectivity index (χ0n) is 16.2. The summed E-state index contributed by atoms with van der Waals surface area (Å²) in [5.74, 6) is 0.673. The Morgan fingerprint density at radius 3 is 2.83 bits per heavy atom. The van der Waals surface area contributed by atoms with Gasteiger partial charge in [0, 0.05) is 37.3 Å². The number of morpholine rings is 1. The van der Waals surface area contributed by atoms with E-state index in [1.54, 1.807) is 17.2 Å². The molecular weight excluding hydrogens is 408 g/mol. The quantitative estimate of drug-likeness (QED) is 0.575. The molecule has 0 spiro atoms. The van der Waals surface area contributed by atoms with Crippen LogP contribution in [0.1, 0.15) is 11.1 Å². The molecule has 1 aliphatic rings. The van der Waals surface area contributed by atoms with E-state index in [4.69, 9.17) is 26.8 Å². The van der Waals surface area contributed by atoms with Crippen LogP contribution < -0.4 is 10.5 Å². The molecule has 156 valence electrons. The molecule has 1 aromatic carbocycles. The predicted molar refractivity (Wildman–Crippen MR) is 111 cm³/mol. The maximum Gasteiger partial charge on any atom is 0.260 e. The van der Waals surface area contributed by atoms with Crippen molar-refractivity contribution in [1.82, 2.24) is 25.1 Å². The molecule has 0 aliphatic carbocycles. The van der Waals surface area contributed by atoms with Gasteiger partial charge in [-0.25, -0.2) is 9.97 Å². The van der Waals surface area contributed by atoms with Gasteiger partial charge in [0.15, 0.2) is 6.61 Å². The number of halogens is 1. The molecule has 1 fully saturated rings. The fourth-order valence-corrected chi connectivity index (χ4v) is 3.46. The van der Waals surface area contributed by atoms with Crippen LogP contribution in [0.4, 0.5) is 5.95 Å². The summed E-state index contributed by atoms with van der Waals surface area (Å²) in [6.45, 7) is 2.28. The summed E-state index contributed by atoms with van der Waals surface area (Å²) in [7, 11) is 0. The topological polar surface area (TPSA) is 119 Å². The summed E-state index contributed by atoms with van der Waals surface area (Å²) in [4.78, 5) is 22.3. The van der Waals surface area contributed by atoms with Gasteiger partial charge < -0.3 is 20.1 Å². The molecule has 0 unspecified atom stereocenters. The van der Waals surface area contributed by atoms with Crippen LogP contribution in [-0.4, -0.2) is 63.9 Å². The number of nitrogen functional groups attached to an aromatic ring is 1. The Balaban J connectivity index is 1.50. The minimum atomic E-state index is -0.0526. The van der Waals surface area contributed by atoms with Gasteiger partial charge in [0.05, 0.1) is 18.9 Å². The van der Waals surface area contributed by atoms with Gasteiger partial charge in [-0.3, -0.25) is 9.89 Å². The average Bonchev–Trinajstić information content (AvgIpc) is 3.21. The molecule has 0 atom stereocenters. The number of nitrogens with zero attached hydrogens (tertiary/aromatic N) is 4. The number of aromatic amines is 1. The van der Waals surface area contributed by atoms with Crippen LogP contribution in [0.5, 0.6) is 5.75 Å². The second-order valence-corrected chi connectivity index (χ2v) is 7.15. The third-order valence-electron chi connectivity index (χ3n) is 4.74. The van der Waals surface area contributed by atoms with Gasteiger partial charge in [0.25, 0.3) is 5.91 Å². The summed E-state index contributed by atoms with van der Waals surface area (Å²) in [6.07, 6.45) is 2.31. The number of benzene rings is 1. The number of ether oxygens (including phenoxy) is 2.